The third-order valence-corrected chi connectivity index (χ3v) is 7.54. The zero-order valence-corrected chi connectivity index (χ0v) is 22.4. The standard InChI is InChI=1S/C25H25Cl2N3O5S/c1-5-12(2)30(13(3)31)11-15-6-8-16(9-7-15)24(34)29-25-19(23(28)33)17-10-18(26)21(35-14(4)32)20(27)22(17)36-25/h6-10,12H,5,11H2,1-4H3,(H2,28,33)(H,29,34). The molecule has 3 aromatic rings. The molecule has 0 bridgehead atoms. The molecule has 3 amide bonds. The smallest absolute Gasteiger partial charge is 0.308 e. The predicted molar refractivity (Wildman–Crippen MR) is 142 cm³/mol. The summed E-state index contributed by atoms with van der Waals surface area (Å²) in [5.41, 5.74) is 6.86. The van der Waals surface area contributed by atoms with E-state index in [0.29, 0.717) is 22.2 Å². The monoisotopic (exact) mass is 549 g/mol. The van der Waals surface area contributed by atoms with Crippen LogP contribution in [-0.4, -0.2) is 34.6 Å². The van der Waals surface area contributed by atoms with Crippen LogP contribution in [0.3, 0.4) is 0 Å². The number of halogens is 2. The van der Waals surface area contributed by atoms with Crippen molar-refractivity contribution in [3.63, 3.8) is 0 Å². The molecule has 1 atom stereocenters. The van der Waals surface area contributed by atoms with Gasteiger partial charge in [0, 0.05) is 37.4 Å². The fourth-order valence-corrected chi connectivity index (χ4v) is 5.41. The number of esters is 1. The van der Waals surface area contributed by atoms with Crippen molar-refractivity contribution in [3.8, 4) is 5.75 Å². The molecule has 8 nitrogen and oxygen atoms in total. The van der Waals surface area contributed by atoms with Crippen LogP contribution in [-0.2, 0) is 16.1 Å². The average molecular weight is 550 g/mol. The molecule has 1 unspecified atom stereocenters. The summed E-state index contributed by atoms with van der Waals surface area (Å²) in [6.07, 6.45) is 0.828. The third kappa shape index (κ3) is 5.80. The van der Waals surface area contributed by atoms with E-state index in [1.807, 2.05) is 13.8 Å². The normalized spacial score (nSPS) is 11.7. The van der Waals surface area contributed by atoms with Crippen molar-refractivity contribution < 1.29 is 23.9 Å². The second kappa shape index (κ2) is 11.3. The molecule has 3 rings (SSSR count). The molecular formula is C25H25Cl2N3O5S. The maximum Gasteiger partial charge on any atom is 0.308 e. The second-order valence-corrected chi connectivity index (χ2v) is 10.0. The van der Waals surface area contributed by atoms with Crippen LogP contribution in [0.15, 0.2) is 30.3 Å². The van der Waals surface area contributed by atoms with Crippen LogP contribution < -0.4 is 15.8 Å². The van der Waals surface area contributed by atoms with Crippen molar-refractivity contribution in [3.05, 3.63) is 57.1 Å². The lowest BCUT2D eigenvalue weighted by Gasteiger charge is -2.27. The summed E-state index contributed by atoms with van der Waals surface area (Å²) in [5, 5.41) is 3.28. The number of hydrogen-bond donors (Lipinski definition) is 2. The Hall–Kier alpha value is -3.14. The molecule has 1 aromatic heterocycles. The minimum absolute atomic E-state index is 0.0217. The number of benzene rings is 2. The van der Waals surface area contributed by atoms with E-state index in [-0.39, 0.29) is 38.3 Å². The van der Waals surface area contributed by atoms with Crippen molar-refractivity contribution >= 4 is 73.3 Å². The van der Waals surface area contributed by atoms with Crippen LogP contribution in [0.4, 0.5) is 5.00 Å². The largest absolute Gasteiger partial charge is 0.423 e. The number of thiophene rings is 1. The minimum atomic E-state index is -0.784. The first-order chi connectivity index (χ1) is 16.9. The van der Waals surface area contributed by atoms with Gasteiger partial charge in [0.2, 0.25) is 5.91 Å². The fourth-order valence-electron chi connectivity index (χ4n) is 3.65. The van der Waals surface area contributed by atoms with Gasteiger partial charge in [0.1, 0.15) is 10.0 Å². The number of anilines is 1. The van der Waals surface area contributed by atoms with Crippen LogP contribution in [0.5, 0.6) is 5.75 Å². The summed E-state index contributed by atoms with van der Waals surface area (Å²) in [5.74, 6) is -1.93. The number of nitrogens with two attached hydrogens (primary N) is 1. The van der Waals surface area contributed by atoms with E-state index >= 15 is 0 Å². The summed E-state index contributed by atoms with van der Waals surface area (Å²) >= 11 is 13.6. The van der Waals surface area contributed by atoms with Gasteiger partial charge in [0.15, 0.2) is 5.75 Å². The number of ether oxygens (including phenoxy) is 1. The molecule has 36 heavy (non-hydrogen) atoms. The number of amides is 3. The zero-order valence-electron chi connectivity index (χ0n) is 20.1. The van der Waals surface area contributed by atoms with Crippen LogP contribution in [0.25, 0.3) is 10.1 Å². The molecule has 0 spiro atoms. The number of nitrogens with zero attached hydrogens (tertiary/aromatic N) is 1. The van der Waals surface area contributed by atoms with Crippen LogP contribution in [0.1, 0.15) is 60.4 Å². The van der Waals surface area contributed by atoms with Gasteiger partial charge < -0.3 is 20.7 Å². The van der Waals surface area contributed by atoms with Crippen molar-refractivity contribution in [2.75, 3.05) is 5.32 Å². The van der Waals surface area contributed by atoms with E-state index < -0.39 is 17.8 Å². The quantitative estimate of drug-likeness (QED) is 0.278. The molecular weight excluding hydrogens is 525 g/mol. The predicted octanol–water partition coefficient (Wildman–Crippen LogP) is 5.63. The summed E-state index contributed by atoms with van der Waals surface area (Å²) in [7, 11) is 0. The number of fused-ring (bicyclic) bond motifs is 1. The summed E-state index contributed by atoms with van der Waals surface area (Å²) in [6.45, 7) is 7.17. The molecule has 3 N–H and O–H groups in total. The molecule has 0 saturated carbocycles. The summed E-state index contributed by atoms with van der Waals surface area (Å²) in [6, 6.07) is 8.33. The number of nitrogens with one attached hydrogen (secondary N) is 1. The number of primary amides is 1. The summed E-state index contributed by atoms with van der Waals surface area (Å²) in [4.78, 5) is 50.4. The van der Waals surface area contributed by atoms with Gasteiger partial charge in [0.25, 0.3) is 11.8 Å². The highest BCUT2D eigenvalue weighted by atomic mass is 35.5. The van der Waals surface area contributed by atoms with Crippen LogP contribution in [0.2, 0.25) is 10.0 Å². The van der Waals surface area contributed by atoms with Crippen molar-refractivity contribution in [1.82, 2.24) is 4.90 Å². The zero-order chi connectivity index (χ0) is 26.7. The molecule has 0 radical (unpaired) electrons. The lowest BCUT2D eigenvalue weighted by Crippen LogP contribution is -2.36. The Morgan fingerprint density at radius 3 is 2.31 bits per heavy atom. The van der Waals surface area contributed by atoms with Crippen molar-refractivity contribution in [2.24, 2.45) is 5.73 Å². The molecule has 0 aliphatic carbocycles. The van der Waals surface area contributed by atoms with E-state index in [2.05, 4.69) is 5.32 Å². The Labute approximate surface area is 222 Å². The van der Waals surface area contributed by atoms with Crippen molar-refractivity contribution in [1.29, 1.82) is 0 Å². The summed E-state index contributed by atoms with van der Waals surface area (Å²) < 4.78 is 5.48. The van der Waals surface area contributed by atoms with E-state index in [0.717, 1.165) is 23.3 Å². The third-order valence-electron chi connectivity index (χ3n) is 5.65. The van der Waals surface area contributed by atoms with Gasteiger partial charge in [-0.15, -0.1) is 11.3 Å². The second-order valence-electron chi connectivity index (χ2n) is 8.20. The Bertz CT molecular complexity index is 1350. The van der Waals surface area contributed by atoms with Gasteiger partial charge in [-0.25, -0.2) is 0 Å². The van der Waals surface area contributed by atoms with E-state index in [4.69, 9.17) is 33.7 Å². The van der Waals surface area contributed by atoms with Crippen LogP contribution >= 0.6 is 34.5 Å². The molecule has 0 saturated heterocycles. The maximum absolute atomic E-state index is 13.0. The van der Waals surface area contributed by atoms with Gasteiger partial charge in [-0.05, 0) is 37.1 Å². The molecule has 0 aliphatic rings. The highest BCUT2D eigenvalue weighted by Gasteiger charge is 2.25. The van der Waals surface area contributed by atoms with E-state index in [9.17, 15) is 19.2 Å². The first kappa shape index (κ1) is 27.4. The molecule has 1 heterocycles. The molecule has 0 aliphatic heterocycles. The number of carbonyl (C=O) groups is 4. The lowest BCUT2D eigenvalue weighted by atomic mass is 10.1. The minimum Gasteiger partial charge on any atom is -0.423 e. The molecule has 0 fully saturated rings. The SMILES string of the molecule is CCC(C)N(Cc1ccc(C(=O)Nc2sc3c(Cl)c(OC(C)=O)c(Cl)cc3c2C(N)=O)cc1)C(C)=O. The lowest BCUT2D eigenvalue weighted by molar-refractivity contribution is -0.132. The van der Waals surface area contributed by atoms with Gasteiger partial charge in [0.05, 0.1) is 15.3 Å². The molecule has 190 valence electrons. The number of rotatable bonds is 8. The molecule has 11 heteroatoms. The first-order valence-corrected chi connectivity index (χ1v) is 12.6. The first-order valence-electron chi connectivity index (χ1n) is 11.0. The van der Waals surface area contributed by atoms with E-state index in [1.165, 1.54) is 19.9 Å². The number of carbonyl (C=O) groups excluding carboxylic acids is 4. The fraction of sp³-hybridized carbons (Fsp3) is 0.280. The Kier molecular flexibility index (Phi) is 8.60. The van der Waals surface area contributed by atoms with E-state index in [1.54, 1.807) is 29.2 Å². The Morgan fingerprint density at radius 1 is 1.14 bits per heavy atom. The maximum atomic E-state index is 13.0. The van der Waals surface area contributed by atoms with Gasteiger partial charge in [-0.3, -0.25) is 19.2 Å². The van der Waals surface area contributed by atoms with Gasteiger partial charge >= 0.3 is 5.97 Å². The Balaban J connectivity index is 1.91. The average Bonchev–Trinajstić information content (AvgIpc) is 3.17. The van der Waals surface area contributed by atoms with Gasteiger partial charge in [-0.2, -0.15) is 0 Å². The Morgan fingerprint density at radius 2 is 1.78 bits per heavy atom. The molecule has 2 aromatic carbocycles. The highest BCUT2D eigenvalue weighted by Crippen LogP contribution is 2.46. The van der Waals surface area contributed by atoms with Crippen LogP contribution in [0, 0.1) is 0 Å². The van der Waals surface area contributed by atoms with Gasteiger partial charge in [-0.1, -0.05) is 42.3 Å². The topological polar surface area (TPSA) is 119 Å². The van der Waals surface area contributed by atoms with Crippen molar-refractivity contribution in [2.45, 2.75) is 46.7 Å². The number of hydrogen-bond acceptors (Lipinski definition) is 6. The highest BCUT2D eigenvalue weighted by molar-refractivity contribution is 7.24.